The molecule has 0 amide bonds. The smallest absolute Gasteiger partial charge is 0.231 e. The number of piperidine rings is 1. The lowest BCUT2D eigenvalue weighted by Gasteiger charge is -2.22. The van der Waals surface area contributed by atoms with Gasteiger partial charge in [0.05, 0.1) is 6.33 Å². The molecule has 0 atom stereocenters. The first-order chi connectivity index (χ1) is 14.2. The van der Waals surface area contributed by atoms with Gasteiger partial charge < -0.3 is 24.3 Å². The van der Waals surface area contributed by atoms with Crippen LogP contribution in [0.2, 0.25) is 0 Å². The van der Waals surface area contributed by atoms with Crippen LogP contribution in [-0.4, -0.2) is 39.4 Å². The molecule has 152 valence electrons. The van der Waals surface area contributed by atoms with Crippen LogP contribution in [0.25, 0.3) is 11.2 Å². The summed E-state index contributed by atoms with van der Waals surface area (Å²) in [5.41, 5.74) is 1.65. The average Bonchev–Trinajstić information content (AvgIpc) is 3.36. The Morgan fingerprint density at radius 1 is 1.24 bits per heavy atom. The molecule has 4 heterocycles. The maximum Gasteiger partial charge on any atom is 0.231 e. The van der Waals surface area contributed by atoms with Gasteiger partial charge in [-0.2, -0.15) is 0 Å². The highest BCUT2D eigenvalue weighted by Gasteiger charge is 2.19. The number of hydrogen-bond donors (Lipinski definition) is 3. The molecule has 10 heteroatoms. The number of aryl methyl sites for hydroxylation is 1. The van der Waals surface area contributed by atoms with E-state index in [0.717, 1.165) is 63.6 Å². The summed E-state index contributed by atoms with van der Waals surface area (Å²) in [6.07, 6.45) is 5.27. The Morgan fingerprint density at radius 3 is 2.86 bits per heavy atom. The summed E-state index contributed by atoms with van der Waals surface area (Å²) in [4.78, 5) is 13.2. The minimum Gasteiger partial charge on any atom is -0.454 e. The third-order valence-corrected chi connectivity index (χ3v) is 7.23. The molecule has 8 nitrogen and oxygen atoms in total. The van der Waals surface area contributed by atoms with E-state index in [1.165, 1.54) is 24.6 Å². The van der Waals surface area contributed by atoms with E-state index in [1.807, 2.05) is 12.1 Å². The molecule has 5 rings (SSSR count). The quantitative estimate of drug-likeness (QED) is 0.522. The van der Waals surface area contributed by atoms with Crippen LogP contribution in [0.1, 0.15) is 19.3 Å². The molecular formula is C19H21BrN6O2S. The van der Waals surface area contributed by atoms with E-state index in [-0.39, 0.29) is 12.3 Å². The number of fused-ring (bicyclic) bond motifs is 2. The van der Waals surface area contributed by atoms with Gasteiger partial charge in [-0.05, 0) is 66.3 Å². The van der Waals surface area contributed by atoms with Crippen molar-refractivity contribution in [1.82, 2.24) is 24.8 Å². The Hall–Kier alpha value is -2.04. The minimum atomic E-state index is 0.210. The molecule has 0 radical (unpaired) electrons. The molecule has 0 aliphatic carbocycles. The Bertz CT molecular complexity index is 1110. The van der Waals surface area contributed by atoms with E-state index in [9.17, 15) is 0 Å². The summed E-state index contributed by atoms with van der Waals surface area (Å²) >= 11 is 5.08. The van der Waals surface area contributed by atoms with E-state index in [4.69, 9.17) is 19.9 Å². The lowest BCUT2D eigenvalue weighted by atomic mass is 9.95. The van der Waals surface area contributed by atoms with E-state index in [0.29, 0.717) is 5.52 Å². The van der Waals surface area contributed by atoms with Gasteiger partial charge in [0.1, 0.15) is 5.52 Å². The number of H-pyrrole nitrogens is 1. The lowest BCUT2D eigenvalue weighted by Crippen LogP contribution is -2.28. The van der Waals surface area contributed by atoms with Crippen molar-refractivity contribution in [2.45, 2.75) is 35.9 Å². The molecule has 3 N–H and O–H groups in total. The average molecular weight is 477 g/mol. The van der Waals surface area contributed by atoms with E-state index in [2.05, 4.69) is 35.8 Å². The standard InChI is InChI=1S/C19H21BrN6O2S/c20-12-7-13-14(28-10-27-13)8-15(12)29-19-24-16-17(21)23-9-26(18(16)25-19)6-3-11-1-4-22-5-2-11/h7-9,11,21-22H,1-6,10H2,(H,24,25). The molecule has 3 aromatic rings. The second-order valence-electron chi connectivity index (χ2n) is 7.25. The topological polar surface area (TPSA) is 101 Å². The molecule has 1 saturated heterocycles. The molecule has 2 aliphatic rings. The van der Waals surface area contributed by atoms with Crippen LogP contribution in [0, 0.1) is 11.3 Å². The second kappa shape index (κ2) is 8.00. The first-order valence-electron chi connectivity index (χ1n) is 9.65. The molecule has 0 unspecified atom stereocenters. The molecule has 2 aromatic heterocycles. The van der Waals surface area contributed by atoms with Crippen molar-refractivity contribution in [3.05, 3.63) is 28.4 Å². The van der Waals surface area contributed by atoms with Crippen molar-refractivity contribution < 1.29 is 9.47 Å². The van der Waals surface area contributed by atoms with Crippen LogP contribution < -0.4 is 20.3 Å². The number of aromatic nitrogens is 4. The van der Waals surface area contributed by atoms with Gasteiger partial charge in [-0.1, -0.05) is 11.8 Å². The third-order valence-electron chi connectivity index (χ3n) is 5.37. The summed E-state index contributed by atoms with van der Waals surface area (Å²) < 4.78 is 13.9. The lowest BCUT2D eigenvalue weighted by molar-refractivity contribution is 0.174. The minimum absolute atomic E-state index is 0.210. The number of benzene rings is 1. The van der Waals surface area contributed by atoms with Gasteiger partial charge in [0.15, 0.2) is 27.8 Å². The zero-order chi connectivity index (χ0) is 19.8. The Kier molecular flexibility index (Phi) is 5.23. The SMILES string of the molecule is N=c1ncn(CCC2CCNCC2)c2nc(Sc3cc4c(cc3Br)OCO4)[nH]c12. The highest BCUT2D eigenvalue weighted by Crippen LogP contribution is 2.42. The van der Waals surface area contributed by atoms with Crippen LogP contribution >= 0.6 is 27.7 Å². The van der Waals surface area contributed by atoms with E-state index in [1.54, 1.807) is 6.33 Å². The largest absolute Gasteiger partial charge is 0.454 e. The number of halogens is 1. The van der Waals surface area contributed by atoms with Gasteiger partial charge >= 0.3 is 0 Å². The number of rotatable bonds is 5. The summed E-state index contributed by atoms with van der Waals surface area (Å²) in [6.45, 7) is 3.30. The number of ether oxygens (including phenoxy) is 2. The van der Waals surface area contributed by atoms with Crippen molar-refractivity contribution >= 4 is 38.9 Å². The molecule has 0 spiro atoms. The van der Waals surface area contributed by atoms with Crippen LogP contribution in [-0.2, 0) is 6.54 Å². The number of nitrogens with one attached hydrogen (secondary N) is 3. The summed E-state index contributed by atoms with van der Waals surface area (Å²) in [5, 5.41) is 12.3. The zero-order valence-corrected chi connectivity index (χ0v) is 18.1. The van der Waals surface area contributed by atoms with Gasteiger partial charge in [0, 0.05) is 15.9 Å². The molecule has 0 bridgehead atoms. The molecule has 2 aliphatic heterocycles. The summed E-state index contributed by atoms with van der Waals surface area (Å²) in [7, 11) is 0. The van der Waals surface area contributed by atoms with Gasteiger partial charge in [0.2, 0.25) is 6.79 Å². The second-order valence-corrected chi connectivity index (χ2v) is 9.13. The maximum absolute atomic E-state index is 8.16. The fourth-order valence-corrected chi connectivity index (χ4v) is 5.13. The van der Waals surface area contributed by atoms with E-state index >= 15 is 0 Å². The predicted molar refractivity (Wildman–Crippen MR) is 112 cm³/mol. The highest BCUT2D eigenvalue weighted by molar-refractivity contribution is 9.10. The Labute approximate surface area is 180 Å². The van der Waals surface area contributed by atoms with Crippen LogP contribution in [0.4, 0.5) is 0 Å². The van der Waals surface area contributed by atoms with Crippen LogP contribution in [0.5, 0.6) is 11.5 Å². The van der Waals surface area contributed by atoms with E-state index < -0.39 is 0 Å². The zero-order valence-electron chi connectivity index (χ0n) is 15.7. The molecule has 1 aromatic carbocycles. The summed E-state index contributed by atoms with van der Waals surface area (Å²) in [5.74, 6) is 2.19. The first kappa shape index (κ1) is 19.0. The molecule has 0 saturated carbocycles. The summed E-state index contributed by atoms with van der Waals surface area (Å²) in [6, 6.07) is 3.85. The fraction of sp³-hybridized carbons (Fsp3) is 0.421. The van der Waals surface area contributed by atoms with Gasteiger partial charge in [0.25, 0.3) is 0 Å². The van der Waals surface area contributed by atoms with Crippen molar-refractivity contribution in [3.63, 3.8) is 0 Å². The van der Waals surface area contributed by atoms with Crippen LogP contribution in [0.15, 0.2) is 33.0 Å². The first-order valence-corrected chi connectivity index (χ1v) is 11.3. The Morgan fingerprint density at radius 2 is 2.03 bits per heavy atom. The van der Waals surface area contributed by atoms with Gasteiger partial charge in [-0.15, -0.1) is 0 Å². The van der Waals surface area contributed by atoms with Gasteiger partial charge in [-0.3, -0.25) is 5.41 Å². The normalized spacial score (nSPS) is 16.6. The molecule has 1 fully saturated rings. The van der Waals surface area contributed by atoms with Crippen molar-refractivity contribution in [3.8, 4) is 11.5 Å². The van der Waals surface area contributed by atoms with Crippen molar-refractivity contribution in [2.24, 2.45) is 5.92 Å². The Balaban J connectivity index is 1.41. The molecular weight excluding hydrogens is 456 g/mol. The van der Waals surface area contributed by atoms with Crippen LogP contribution in [0.3, 0.4) is 0 Å². The third kappa shape index (κ3) is 3.88. The predicted octanol–water partition coefficient (Wildman–Crippen LogP) is 3.27. The van der Waals surface area contributed by atoms with Crippen molar-refractivity contribution in [1.29, 1.82) is 5.41 Å². The monoisotopic (exact) mass is 476 g/mol. The maximum atomic E-state index is 8.16. The van der Waals surface area contributed by atoms with Crippen molar-refractivity contribution in [2.75, 3.05) is 19.9 Å². The highest BCUT2D eigenvalue weighted by atomic mass is 79.9. The number of imidazole rings is 1. The number of nitrogens with zero attached hydrogens (tertiary/aromatic N) is 3. The molecule has 29 heavy (non-hydrogen) atoms. The number of aromatic amines is 1. The number of hydrogen-bond acceptors (Lipinski definition) is 7. The van der Waals surface area contributed by atoms with Gasteiger partial charge in [-0.25, -0.2) is 9.97 Å². The fourth-order valence-electron chi connectivity index (χ4n) is 3.75.